The van der Waals surface area contributed by atoms with E-state index in [1.807, 2.05) is 0 Å². The lowest BCUT2D eigenvalue weighted by Crippen LogP contribution is -3.00. The van der Waals surface area contributed by atoms with Gasteiger partial charge in [-0.1, -0.05) is 39.5 Å². The molecule has 1 fully saturated rings. The zero-order chi connectivity index (χ0) is 13.1. The molecule has 0 N–H and O–H groups in total. The number of nitrogens with zero attached hydrogens (tertiary/aromatic N) is 1. The SMILES string of the molecule is CCCCCC[N+]1(CCCCCC)CCOCC1.[Br-]. The Hall–Kier alpha value is 0.400. The van der Waals surface area contributed by atoms with Crippen molar-refractivity contribution in [3.8, 4) is 0 Å². The van der Waals surface area contributed by atoms with Crippen LogP contribution in [-0.2, 0) is 4.74 Å². The van der Waals surface area contributed by atoms with Gasteiger partial charge in [-0.05, 0) is 25.7 Å². The normalized spacial score (nSPS) is 18.0. The summed E-state index contributed by atoms with van der Waals surface area (Å²) in [5, 5.41) is 0. The van der Waals surface area contributed by atoms with Crippen LogP contribution in [0.3, 0.4) is 0 Å². The summed E-state index contributed by atoms with van der Waals surface area (Å²) in [7, 11) is 0. The summed E-state index contributed by atoms with van der Waals surface area (Å²) in [4.78, 5) is 0. The Balaban J connectivity index is 0.00000324. The predicted molar refractivity (Wildman–Crippen MR) is 78.8 cm³/mol. The van der Waals surface area contributed by atoms with Crippen molar-refractivity contribution in [3.63, 3.8) is 0 Å². The summed E-state index contributed by atoms with van der Waals surface area (Å²) in [5.74, 6) is 0. The monoisotopic (exact) mass is 335 g/mol. The van der Waals surface area contributed by atoms with E-state index in [1.54, 1.807) is 0 Å². The van der Waals surface area contributed by atoms with Crippen LogP contribution in [0.2, 0.25) is 0 Å². The van der Waals surface area contributed by atoms with Gasteiger partial charge in [0.1, 0.15) is 13.1 Å². The van der Waals surface area contributed by atoms with Gasteiger partial charge >= 0.3 is 0 Å². The highest BCUT2D eigenvalue weighted by Crippen LogP contribution is 2.17. The smallest absolute Gasteiger partial charge is 0.102 e. The largest absolute Gasteiger partial charge is 1.00 e. The maximum atomic E-state index is 5.56. The standard InChI is InChI=1S/C16H34NO.BrH/c1-3-5-7-9-11-17(12-10-8-6-4-2)13-15-18-16-14-17;/h3-16H2,1-2H3;1H/q+1;/p-1. The van der Waals surface area contributed by atoms with Crippen molar-refractivity contribution in [2.24, 2.45) is 0 Å². The molecule has 0 aliphatic carbocycles. The van der Waals surface area contributed by atoms with E-state index in [0.717, 1.165) is 13.2 Å². The molecular formula is C16H34BrNO. The average molecular weight is 336 g/mol. The fourth-order valence-corrected chi connectivity index (χ4v) is 3.04. The molecule has 0 radical (unpaired) electrons. The third-order valence-corrected chi connectivity index (χ3v) is 4.39. The van der Waals surface area contributed by atoms with Crippen molar-refractivity contribution < 1.29 is 26.2 Å². The van der Waals surface area contributed by atoms with E-state index in [0.29, 0.717) is 0 Å². The number of unbranched alkanes of at least 4 members (excludes halogenated alkanes) is 6. The Morgan fingerprint density at radius 2 is 1.21 bits per heavy atom. The van der Waals surface area contributed by atoms with Crippen molar-refractivity contribution in [3.05, 3.63) is 0 Å². The second-order valence-electron chi connectivity index (χ2n) is 5.97. The number of ether oxygens (including phenoxy) is 1. The molecule has 1 saturated heterocycles. The molecule has 116 valence electrons. The van der Waals surface area contributed by atoms with Crippen molar-refractivity contribution in [2.75, 3.05) is 39.4 Å². The average Bonchev–Trinajstić information content (AvgIpc) is 2.41. The first-order chi connectivity index (χ1) is 8.83. The highest BCUT2D eigenvalue weighted by molar-refractivity contribution is 4.53. The topological polar surface area (TPSA) is 9.23 Å². The molecule has 3 heteroatoms. The van der Waals surface area contributed by atoms with Crippen LogP contribution in [0.4, 0.5) is 0 Å². The molecule has 1 aliphatic heterocycles. The molecule has 1 rings (SSSR count). The summed E-state index contributed by atoms with van der Waals surface area (Å²) in [6.07, 6.45) is 11.2. The molecule has 0 unspecified atom stereocenters. The van der Waals surface area contributed by atoms with E-state index in [-0.39, 0.29) is 17.0 Å². The summed E-state index contributed by atoms with van der Waals surface area (Å²) in [6.45, 7) is 11.9. The number of halogens is 1. The van der Waals surface area contributed by atoms with Crippen LogP contribution in [0.15, 0.2) is 0 Å². The lowest BCUT2D eigenvalue weighted by Gasteiger charge is -2.41. The second-order valence-corrected chi connectivity index (χ2v) is 5.97. The lowest BCUT2D eigenvalue weighted by molar-refractivity contribution is -0.935. The molecular weight excluding hydrogens is 302 g/mol. The highest BCUT2D eigenvalue weighted by atomic mass is 79.9. The third-order valence-electron chi connectivity index (χ3n) is 4.39. The lowest BCUT2D eigenvalue weighted by atomic mass is 10.1. The van der Waals surface area contributed by atoms with Crippen molar-refractivity contribution in [1.29, 1.82) is 0 Å². The van der Waals surface area contributed by atoms with E-state index in [2.05, 4.69) is 13.8 Å². The van der Waals surface area contributed by atoms with Gasteiger partial charge in [-0.2, -0.15) is 0 Å². The van der Waals surface area contributed by atoms with E-state index < -0.39 is 0 Å². The zero-order valence-electron chi connectivity index (χ0n) is 13.1. The van der Waals surface area contributed by atoms with Gasteiger partial charge in [0.2, 0.25) is 0 Å². The summed E-state index contributed by atoms with van der Waals surface area (Å²) in [5.41, 5.74) is 0. The first-order valence-corrected chi connectivity index (χ1v) is 8.26. The van der Waals surface area contributed by atoms with Gasteiger partial charge in [-0.15, -0.1) is 0 Å². The molecule has 0 atom stereocenters. The molecule has 19 heavy (non-hydrogen) atoms. The Kier molecular flexibility index (Phi) is 12.4. The summed E-state index contributed by atoms with van der Waals surface area (Å²) in [6, 6.07) is 0. The molecule has 1 heterocycles. The van der Waals surface area contributed by atoms with E-state index >= 15 is 0 Å². The number of rotatable bonds is 10. The van der Waals surface area contributed by atoms with Crippen LogP contribution < -0.4 is 17.0 Å². The van der Waals surface area contributed by atoms with Gasteiger partial charge in [-0.25, -0.2) is 0 Å². The summed E-state index contributed by atoms with van der Waals surface area (Å²) < 4.78 is 6.92. The number of quaternary nitrogens is 1. The van der Waals surface area contributed by atoms with E-state index in [9.17, 15) is 0 Å². The molecule has 0 saturated carbocycles. The molecule has 2 nitrogen and oxygen atoms in total. The van der Waals surface area contributed by atoms with Gasteiger partial charge in [0.15, 0.2) is 0 Å². The minimum atomic E-state index is 0. The quantitative estimate of drug-likeness (QED) is 0.427. The molecule has 0 amide bonds. The fraction of sp³-hybridized carbons (Fsp3) is 1.00. The van der Waals surface area contributed by atoms with Crippen LogP contribution in [0.1, 0.15) is 65.2 Å². The van der Waals surface area contributed by atoms with Crippen LogP contribution in [0.5, 0.6) is 0 Å². The number of morpholine rings is 1. The molecule has 1 aliphatic rings. The van der Waals surface area contributed by atoms with Gasteiger partial charge in [0.05, 0.1) is 26.3 Å². The third kappa shape index (κ3) is 8.31. The van der Waals surface area contributed by atoms with Crippen molar-refractivity contribution >= 4 is 0 Å². The van der Waals surface area contributed by atoms with E-state index in [1.165, 1.54) is 82.0 Å². The van der Waals surface area contributed by atoms with Gasteiger partial charge in [0.25, 0.3) is 0 Å². The molecule has 0 aromatic carbocycles. The van der Waals surface area contributed by atoms with Crippen molar-refractivity contribution in [2.45, 2.75) is 65.2 Å². The van der Waals surface area contributed by atoms with Crippen LogP contribution in [0.25, 0.3) is 0 Å². The van der Waals surface area contributed by atoms with Crippen molar-refractivity contribution in [1.82, 2.24) is 0 Å². The van der Waals surface area contributed by atoms with Gasteiger partial charge in [-0.3, -0.25) is 0 Å². The van der Waals surface area contributed by atoms with E-state index in [4.69, 9.17) is 4.74 Å². The van der Waals surface area contributed by atoms with Crippen LogP contribution in [-0.4, -0.2) is 43.9 Å². The first-order valence-electron chi connectivity index (χ1n) is 8.26. The first kappa shape index (κ1) is 19.4. The fourth-order valence-electron chi connectivity index (χ4n) is 3.04. The Bertz CT molecular complexity index is 179. The minimum Gasteiger partial charge on any atom is -1.00 e. The molecule has 0 aromatic rings. The second kappa shape index (κ2) is 12.2. The number of hydrogen-bond acceptors (Lipinski definition) is 1. The van der Waals surface area contributed by atoms with Gasteiger partial charge < -0.3 is 26.2 Å². The number of hydrogen-bond donors (Lipinski definition) is 0. The highest BCUT2D eigenvalue weighted by Gasteiger charge is 2.28. The zero-order valence-corrected chi connectivity index (χ0v) is 14.7. The maximum absolute atomic E-state index is 5.56. The van der Waals surface area contributed by atoms with Crippen LogP contribution >= 0.6 is 0 Å². The molecule has 0 bridgehead atoms. The predicted octanol–water partition coefficient (Wildman–Crippen LogP) is 0.998. The maximum Gasteiger partial charge on any atom is 0.102 e. The Labute approximate surface area is 131 Å². The molecule has 0 aromatic heterocycles. The Morgan fingerprint density at radius 3 is 1.63 bits per heavy atom. The van der Waals surface area contributed by atoms with Gasteiger partial charge in [0, 0.05) is 0 Å². The Morgan fingerprint density at radius 1 is 0.737 bits per heavy atom. The summed E-state index contributed by atoms with van der Waals surface area (Å²) >= 11 is 0. The minimum absolute atomic E-state index is 0. The molecule has 0 spiro atoms. The van der Waals surface area contributed by atoms with Crippen LogP contribution in [0, 0.1) is 0 Å².